The lowest BCUT2D eigenvalue weighted by atomic mass is 9.83. The summed E-state index contributed by atoms with van der Waals surface area (Å²) in [6.45, 7) is 1.71. The quantitative estimate of drug-likeness (QED) is 0.589. The van der Waals surface area contributed by atoms with E-state index >= 15 is 0 Å². The second-order valence-electron chi connectivity index (χ2n) is 8.19. The number of ether oxygens (including phenoxy) is 1. The van der Waals surface area contributed by atoms with Crippen molar-refractivity contribution in [2.24, 2.45) is 17.6 Å². The predicted octanol–water partition coefficient (Wildman–Crippen LogP) is 3.39. The lowest BCUT2D eigenvalue weighted by molar-refractivity contribution is 0.143. The number of fused-ring (bicyclic) bond motifs is 2. The van der Waals surface area contributed by atoms with Gasteiger partial charge in [-0.05, 0) is 43.2 Å². The third-order valence-corrected chi connectivity index (χ3v) is 6.71. The van der Waals surface area contributed by atoms with Crippen LogP contribution < -0.4 is 20.8 Å². The number of pyridine rings is 1. The van der Waals surface area contributed by atoms with Crippen molar-refractivity contribution in [1.82, 2.24) is 4.57 Å². The molecule has 3 N–H and O–H groups in total. The molecule has 1 aliphatic heterocycles. The summed E-state index contributed by atoms with van der Waals surface area (Å²) >= 11 is 6.86. The SMILES string of the molecule is NC1C=CCC2CN(c3ccc4c(=O)c(OC(=O)O)cn(C5CC5)c4c3Cl)CC12. The zero-order valence-corrected chi connectivity index (χ0v) is 16.5. The van der Waals surface area contributed by atoms with Gasteiger partial charge in [-0.25, -0.2) is 4.79 Å². The Balaban J connectivity index is 1.61. The molecule has 2 heterocycles. The first-order valence-electron chi connectivity index (χ1n) is 9.89. The van der Waals surface area contributed by atoms with Crippen LogP contribution in [0.5, 0.6) is 5.75 Å². The van der Waals surface area contributed by atoms with Crippen molar-refractivity contribution >= 4 is 34.3 Å². The first-order valence-corrected chi connectivity index (χ1v) is 10.3. The molecule has 0 amide bonds. The molecule has 2 fully saturated rings. The predicted molar refractivity (Wildman–Crippen MR) is 111 cm³/mol. The molecule has 1 aromatic carbocycles. The maximum atomic E-state index is 12.8. The van der Waals surface area contributed by atoms with E-state index in [-0.39, 0.29) is 17.8 Å². The van der Waals surface area contributed by atoms with Crippen molar-refractivity contribution in [3.63, 3.8) is 0 Å². The Kier molecular flexibility index (Phi) is 4.33. The van der Waals surface area contributed by atoms with Gasteiger partial charge in [0.15, 0.2) is 5.75 Å². The highest BCUT2D eigenvalue weighted by atomic mass is 35.5. The van der Waals surface area contributed by atoms with E-state index in [2.05, 4.69) is 17.1 Å². The number of nitrogens with two attached hydrogens (primary N) is 1. The number of anilines is 1. The maximum Gasteiger partial charge on any atom is 0.511 e. The molecule has 3 unspecified atom stereocenters. The van der Waals surface area contributed by atoms with E-state index in [1.165, 1.54) is 6.20 Å². The summed E-state index contributed by atoms with van der Waals surface area (Å²) in [6, 6.07) is 3.83. The molecule has 152 valence electrons. The van der Waals surface area contributed by atoms with Gasteiger partial charge in [0.05, 0.1) is 27.8 Å². The van der Waals surface area contributed by atoms with Crippen LogP contribution in [0.3, 0.4) is 0 Å². The van der Waals surface area contributed by atoms with E-state index in [0.717, 1.165) is 38.0 Å². The number of carboxylic acid groups (broad SMARTS) is 1. The summed E-state index contributed by atoms with van der Waals surface area (Å²) in [6.07, 6.45) is 7.15. The molecule has 7 nitrogen and oxygen atoms in total. The van der Waals surface area contributed by atoms with E-state index < -0.39 is 11.6 Å². The molecule has 29 heavy (non-hydrogen) atoms. The summed E-state index contributed by atoms with van der Waals surface area (Å²) < 4.78 is 6.63. The molecule has 8 heteroatoms. The van der Waals surface area contributed by atoms with Crippen LogP contribution in [-0.2, 0) is 0 Å². The van der Waals surface area contributed by atoms with Crippen molar-refractivity contribution in [3.05, 3.63) is 45.7 Å². The molecule has 5 rings (SSSR count). The van der Waals surface area contributed by atoms with Crippen LogP contribution in [-0.4, -0.2) is 35.0 Å². The van der Waals surface area contributed by atoms with Crippen molar-refractivity contribution in [1.29, 1.82) is 0 Å². The van der Waals surface area contributed by atoms with Crippen molar-refractivity contribution in [2.45, 2.75) is 31.3 Å². The lowest BCUT2D eigenvalue weighted by Crippen LogP contribution is -2.35. The number of benzene rings is 1. The third kappa shape index (κ3) is 3.09. The Morgan fingerprint density at radius 3 is 2.76 bits per heavy atom. The summed E-state index contributed by atoms with van der Waals surface area (Å²) in [4.78, 5) is 26.0. The standard InChI is InChI=1S/C21H22ClN3O4/c22-18-16(24-8-11-2-1-3-15(23)14(11)9-24)7-6-13-19(18)25(12-4-5-12)10-17(20(13)26)29-21(27)28/h1,3,6-7,10-12,14-15H,2,4-5,8-9,23H2,(H,27,28). The fourth-order valence-corrected chi connectivity index (χ4v) is 5.14. The van der Waals surface area contributed by atoms with Gasteiger partial charge >= 0.3 is 6.16 Å². The number of allylic oxidation sites excluding steroid dienone is 1. The van der Waals surface area contributed by atoms with Gasteiger partial charge in [-0.15, -0.1) is 0 Å². The molecule has 2 aliphatic carbocycles. The largest absolute Gasteiger partial charge is 0.511 e. The smallest absolute Gasteiger partial charge is 0.449 e. The molecule has 1 aromatic heterocycles. The minimum Gasteiger partial charge on any atom is -0.449 e. The molecule has 1 saturated carbocycles. The molecule has 0 bridgehead atoms. The number of aromatic nitrogens is 1. The van der Waals surface area contributed by atoms with Crippen LogP contribution in [0, 0.1) is 11.8 Å². The molecule has 3 aliphatic rings. The highest BCUT2D eigenvalue weighted by molar-refractivity contribution is 6.38. The van der Waals surface area contributed by atoms with Gasteiger partial charge in [0.25, 0.3) is 0 Å². The van der Waals surface area contributed by atoms with Gasteiger partial charge in [-0.3, -0.25) is 4.79 Å². The summed E-state index contributed by atoms with van der Waals surface area (Å²) in [5.74, 6) is 0.701. The zero-order chi connectivity index (χ0) is 20.3. The molecular formula is C21H22ClN3O4. The minimum absolute atomic E-state index is 0.0540. The number of hydrogen-bond donors (Lipinski definition) is 2. The monoisotopic (exact) mass is 415 g/mol. The van der Waals surface area contributed by atoms with Gasteiger partial charge in [-0.1, -0.05) is 23.8 Å². The average Bonchev–Trinajstić information content (AvgIpc) is 3.43. The maximum absolute atomic E-state index is 12.8. The Labute approximate surface area is 172 Å². The number of halogens is 1. The van der Waals surface area contributed by atoms with Gasteiger partial charge in [0.2, 0.25) is 5.43 Å². The molecule has 0 radical (unpaired) electrons. The Hall–Kier alpha value is -2.51. The molecule has 0 spiro atoms. The first-order chi connectivity index (χ1) is 13.9. The highest BCUT2D eigenvalue weighted by Gasteiger charge is 2.38. The number of rotatable bonds is 3. The topological polar surface area (TPSA) is 97.8 Å². The van der Waals surface area contributed by atoms with Crippen LogP contribution in [0.1, 0.15) is 25.3 Å². The average molecular weight is 416 g/mol. The Bertz CT molecular complexity index is 1090. The lowest BCUT2D eigenvalue weighted by Gasteiger charge is -2.25. The molecule has 1 saturated heterocycles. The summed E-state index contributed by atoms with van der Waals surface area (Å²) in [5.41, 5.74) is 7.35. The van der Waals surface area contributed by atoms with Crippen LogP contribution >= 0.6 is 11.6 Å². The summed E-state index contributed by atoms with van der Waals surface area (Å²) in [5, 5.41) is 9.85. The van der Waals surface area contributed by atoms with E-state index in [9.17, 15) is 9.59 Å². The van der Waals surface area contributed by atoms with Gasteiger partial charge < -0.3 is 25.0 Å². The molecule has 3 atom stereocenters. The van der Waals surface area contributed by atoms with Crippen LogP contribution in [0.15, 0.2) is 35.3 Å². The van der Waals surface area contributed by atoms with Crippen LogP contribution in [0.2, 0.25) is 5.02 Å². The van der Waals surface area contributed by atoms with Crippen molar-refractivity contribution in [2.75, 3.05) is 18.0 Å². The number of hydrogen-bond acceptors (Lipinski definition) is 5. The minimum atomic E-state index is -1.50. The normalized spacial score (nSPS) is 26.0. The van der Waals surface area contributed by atoms with Crippen LogP contribution in [0.25, 0.3) is 10.9 Å². The molecule has 2 aromatic rings. The van der Waals surface area contributed by atoms with E-state index in [0.29, 0.717) is 27.8 Å². The van der Waals surface area contributed by atoms with E-state index in [1.807, 2.05) is 10.6 Å². The Morgan fingerprint density at radius 2 is 2.07 bits per heavy atom. The second kappa shape index (κ2) is 6.78. The fraction of sp³-hybridized carbons (Fsp3) is 0.429. The van der Waals surface area contributed by atoms with Crippen LogP contribution in [0.4, 0.5) is 10.5 Å². The van der Waals surface area contributed by atoms with Gasteiger partial charge in [0, 0.05) is 25.2 Å². The number of carbonyl (C=O) groups is 1. The zero-order valence-electron chi connectivity index (χ0n) is 15.8. The van der Waals surface area contributed by atoms with Crippen molar-refractivity contribution in [3.8, 4) is 5.75 Å². The van der Waals surface area contributed by atoms with Crippen molar-refractivity contribution < 1.29 is 14.6 Å². The second-order valence-corrected chi connectivity index (χ2v) is 8.57. The van der Waals surface area contributed by atoms with E-state index in [1.54, 1.807) is 6.07 Å². The highest BCUT2D eigenvalue weighted by Crippen LogP contribution is 2.43. The Morgan fingerprint density at radius 1 is 1.28 bits per heavy atom. The van der Waals surface area contributed by atoms with Gasteiger partial charge in [0.1, 0.15) is 0 Å². The van der Waals surface area contributed by atoms with E-state index in [4.69, 9.17) is 27.2 Å². The number of nitrogens with zero attached hydrogens (tertiary/aromatic N) is 2. The first kappa shape index (κ1) is 18.5. The fourth-order valence-electron chi connectivity index (χ4n) is 4.76. The summed E-state index contributed by atoms with van der Waals surface area (Å²) in [7, 11) is 0. The van der Waals surface area contributed by atoms with Gasteiger partial charge in [-0.2, -0.15) is 0 Å². The molecular weight excluding hydrogens is 394 g/mol. The third-order valence-electron chi connectivity index (χ3n) is 6.34.